The highest BCUT2D eigenvalue weighted by Gasteiger charge is 2.31. The Morgan fingerprint density at radius 3 is 3.16 bits per heavy atom. The van der Waals surface area contributed by atoms with Crippen LogP contribution < -0.4 is 10.6 Å². The Balaban J connectivity index is 1.82. The minimum atomic E-state index is -0.00877. The number of nitrogens with zero attached hydrogens (tertiary/aromatic N) is 1. The van der Waals surface area contributed by atoms with E-state index in [-0.39, 0.29) is 12.1 Å². The zero-order chi connectivity index (χ0) is 13.2. The summed E-state index contributed by atoms with van der Waals surface area (Å²) in [4.78, 5) is 13.7. The smallest absolute Gasteiger partial charge is 0.318 e. The number of fused-ring (bicyclic) bond motifs is 1. The van der Waals surface area contributed by atoms with Crippen LogP contribution in [0.2, 0.25) is 0 Å². The monoisotopic (exact) mass is 259 g/mol. The van der Waals surface area contributed by atoms with Gasteiger partial charge in [0, 0.05) is 30.6 Å². The molecule has 0 saturated carbocycles. The minimum absolute atomic E-state index is 0.00741. The molecule has 1 aliphatic heterocycles. The van der Waals surface area contributed by atoms with E-state index < -0.39 is 0 Å². The second-order valence-corrected chi connectivity index (χ2v) is 4.74. The number of carbonyl (C=O) groups is 1. The summed E-state index contributed by atoms with van der Waals surface area (Å²) in [5.41, 5.74) is 1.91. The Morgan fingerprint density at radius 1 is 1.47 bits per heavy atom. The van der Waals surface area contributed by atoms with Gasteiger partial charge in [-0.2, -0.15) is 0 Å². The van der Waals surface area contributed by atoms with Crippen molar-refractivity contribution in [3.05, 3.63) is 36.1 Å². The van der Waals surface area contributed by atoms with Crippen LogP contribution in [0, 0.1) is 0 Å². The van der Waals surface area contributed by atoms with Crippen LogP contribution in [0.25, 0.3) is 11.0 Å². The summed E-state index contributed by atoms with van der Waals surface area (Å²) in [6.45, 7) is 2.20. The van der Waals surface area contributed by atoms with E-state index in [0.29, 0.717) is 13.1 Å². The van der Waals surface area contributed by atoms with Crippen LogP contribution in [-0.2, 0) is 0 Å². The number of furan rings is 1. The molecule has 19 heavy (non-hydrogen) atoms. The summed E-state index contributed by atoms with van der Waals surface area (Å²) >= 11 is 0. The van der Waals surface area contributed by atoms with E-state index in [0.717, 1.165) is 23.1 Å². The summed E-state index contributed by atoms with van der Waals surface area (Å²) in [5.74, 6) is 0. The molecule has 1 aromatic carbocycles. The molecule has 2 heterocycles. The normalized spacial score (nSPS) is 19.1. The number of amides is 2. The molecule has 0 radical (unpaired) electrons. The van der Waals surface area contributed by atoms with Crippen LogP contribution in [0.4, 0.5) is 4.79 Å². The lowest BCUT2D eigenvalue weighted by Crippen LogP contribution is -2.33. The van der Waals surface area contributed by atoms with E-state index >= 15 is 0 Å². The largest absolute Gasteiger partial charge is 0.464 e. The lowest BCUT2D eigenvalue weighted by molar-refractivity contribution is 0.218. The molecular formula is C14H17N3O2. The van der Waals surface area contributed by atoms with Gasteiger partial charge in [-0.25, -0.2) is 4.79 Å². The summed E-state index contributed by atoms with van der Waals surface area (Å²) in [6, 6.07) is 7.89. The highest BCUT2D eigenvalue weighted by molar-refractivity contribution is 5.84. The molecule has 1 fully saturated rings. The second kappa shape index (κ2) is 4.93. The number of benzene rings is 1. The Kier molecular flexibility index (Phi) is 3.13. The van der Waals surface area contributed by atoms with Gasteiger partial charge in [0.15, 0.2) is 0 Å². The molecule has 1 atom stereocenters. The van der Waals surface area contributed by atoms with Gasteiger partial charge in [-0.05, 0) is 13.1 Å². The van der Waals surface area contributed by atoms with Crippen LogP contribution in [0.5, 0.6) is 0 Å². The molecule has 0 aliphatic carbocycles. The SMILES string of the molecule is CNCCN1CC(c2coc3ccccc23)NC1=O. The number of carbonyl (C=O) groups excluding carboxylic acids is 1. The predicted octanol–water partition coefficient (Wildman–Crippen LogP) is 1.72. The van der Waals surface area contributed by atoms with Crippen LogP contribution >= 0.6 is 0 Å². The van der Waals surface area contributed by atoms with Crippen molar-refractivity contribution < 1.29 is 9.21 Å². The fraction of sp³-hybridized carbons (Fsp3) is 0.357. The fourth-order valence-electron chi connectivity index (χ4n) is 2.47. The number of likely N-dealkylation sites (N-methyl/N-ethyl adjacent to an activating group) is 1. The number of hydrogen-bond acceptors (Lipinski definition) is 3. The Bertz CT molecular complexity index is 593. The second-order valence-electron chi connectivity index (χ2n) is 4.74. The van der Waals surface area contributed by atoms with E-state index in [9.17, 15) is 4.79 Å². The molecule has 5 nitrogen and oxygen atoms in total. The van der Waals surface area contributed by atoms with E-state index in [2.05, 4.69) is 10.6 Å². The van der Waals surface area contributed by atoms with Gasteiger partial charge in [-0.3, -0.25) is 0 Å². The Labute approximate surface area is 111 Å². The molecule has 5 heteroatoms. The first-order valence-electron chi connectivity index (χ1n) is 6.46. The summed E-state index contributed by atoms with van der Waals surface area (Å²) in [7, 11) is 1.88. The number of rotatable bonds is 4. The lowest BCUT2D eigenvalue weighted by Gasteiger charge is -2.13. The van der Waals surface area contributed by atoms with Gasteiger partial charge < -0.3 is 20.0 Å². The van der Waals surface area contributed by atoms with Gasteiger partial charge in [-0.1, -0.05) is 18.2 Å². The molecule has 0 bridgehead atoms. The first-order valence-corrected chi connectivity index (χ1v) is 6.46. The molecule has 1 aromatic heterocycles. The summed E-state index contributed by atoms with van der Waals surface area (Å²) in [6.07, 6.45) is 1.75. The van der Waals surface area contributed by atoms with Crippen molar-refractivity contribution in [2.45, 2.75) is 6.04 Å². The topological polar surface area (TPSA) is 57.5 Å². The van der Waals surface area contributed by atoms with Crippen molar-refractivity contribution in [2.24, 2.45) is 0 Å². The fourth-order valence-corrected chi connectivity index (χ4v) is 2.47. The van der Waals surface area contributed by atoms with E-state index in [1.165, 1.54) is 0 Å². The van der Waals surface area contributed by atoms with Crippen molar-refractivity contribution in [3.8, 4) is 0 Å². The van der Waals surface area contributed by atoms with Gasteiger partial charge in [0.2, 0.25) is 0 Å². The number of nitrogens with one attached hydrogen (secondary N) is 2. The van der Waals surface area contributed by atoms with Crippen LogP contribution in [0.1, 0.15) is 11.6 Å². The van der Waals surface area contributed by atoms with Crippen molar-refractivity contribution in [3.63, 3.8) is 0 Å². The molecule has 0 spiro atoms. The van der Waals surface area contributed by atoms with Crippen LogP contribution in [0.3, 0.4) is 0 Å². The zero-order valence-corrected chi connectivity index (χ0v) is 10.8. The van der Waals surface area contributed by atoms with Crippen LogP contribution in [0.15, 0.2) is 34.9 Å². The van der Waals surface area contributed by atoms with Crippen molar-refractivity contribution in [2.75, 3.05) is 26.7 Å². The molecule has 2 N–H and O–H groups in total. The number of hydrogen-bond donors (Lipinski definition) is 2. The first-order chi connectivity index (χ1) is 9.29. The first kappa shape index (κ1) is 12.0. The summed E-state index contributed by atoms with van der Waals surface area (Å²) in [5, 5.41) is 7.13. The maximum atomic E-state index is 11.9. The highest BCUT2D eigenvalue weighted by atomic mass is 16.3. The highest BCUT2D eigenvalue weighted by Crippen LogP contribution is 2.29. The van der Waals surface area contributed by atoms with Crippen molar-refractivity contribution >= 4 is 17.0 Å². The van der Waals surface area contributed by atoms with E-state index in [1.54, 1.807) is 6.26 Å². The van der Waals surface area contributed by atoms with Crippen molar-refractivity contribution in [1.82, 2.24) is 15.5 Å². The third kappa shape index (κ3) is 2.17. The van der Waals surface area contributed by atoms with Crippen LogP contribution in [-0.4, -0.2) is 37.6 Å². The standard InChI is InChI=1S/C14H17N3O2/c1-15-6-7-17-8-12(16-14(17)18)11-9-19-13-5-3-2-4-10(11)13/h2-5,9,12,15H,6-8H2,1H3,(H,16,18). The minimum Gasteiger partial charge on any atom is -0.464 e. The average molecular weight is 259 g/mol. The quantitative estimate of drug-likeness (QED) is 0.879. The number of urea groups is 1. The van der Waals surface area contributed by atoms with E-state index in [4.69, 9.17) is 4.42 Å². The lowest BCUT2D eigenvalue weighted by atomic mass is 10.1. The number of para-hydroxylation sites is 1. The molecule has 2 aromatic rings. The predicted molar refractivity (Wildman–Crippen MR) is 73.0 cm³/mol. The molecule has 1 aliphatic rings. The Hall–Kier alpha value is -2.01. The molecule has 2 amide bonds. The maximum Gasteiger partial charge on any atom is 0.318 e. The molecule has 1 saturated heterocycles. The summed E-state index contributed by atoms with van der Waals surface area (Å²) < 4.78 is 5.53. The van der Waals surface area contributed by atoms with Gasteiger partial charge >= 0.3 is 6.03 Å². The zero-order valence-electron chi connectivity index (χ0n) is 10.8. The van der Waals surface area contributed by atoms with Gasteiger partial charge in [0.1, 0.15) is 5.58 Å². The third-order valence-corrected chi connectivity index (χ3v) is 3.51. The third-order valence-electron chi connectivity index (χ3n) is 3.51. The maximum absolute atomic E-state index is 11.9. The van der Waals surface area contributed by atoms with Gasteiger partial charge in [0.05, 0.1) is 12.3 Å². The van der Waals surface area contributed by atoms with Gasteiger partial charge in [0.25, 0.3) is 0 Å². The molecule has 100 valence electrons. The Morgan fingerprint density at radius 2 is 2.32 bits per heavy atom. The van der Waals surface area contributed by atoms with Crippen molar-refractivity contribution in [1.29, 1.82) is 0 Å². The van der Waals surface area contributed by atoms with Gasteiger partial charge in [-0.15, -0.1) is 0 Å². The average Bonchev–Trinajstić information content (AvgIpc) is 3.00. The molecular weight excluding hydrogens is 242 g/mol. The van der Waals surface area contributed by atoms with E-state index in [1.807, 2.05) is 36.2 Å². The molecule has 3 rings (SSSR count). The molecule has 1 unspecified atom stereocenters.